The first-order valence-corrected chi connectivity index (χ1v) is 7.37. The smallest absolute Gasteiger partial charge is 0.341 e. The minimum Gasteiger partial charge on any atom is -0.465 e. The van der Waals surface area contributed by atoms with E-state index in [9.17, 15) is 9.59 Å². The van der Waals surface area contributed by atoms with Crippen molar-refractivity contribution in [1.29, 1.82) is 0 Å². The number of amides is 1. The van der Waals surface area contributed by atoms with Gasteiger partial charge < -0.3 is 14.1 Å². The number of methoxy groups -OCH3 is 1. The fourth-order valence-corrected chi connectivity index (χ4v) is 2.73. The lowest BCUT2D eigenvalue weighted by Crippen LogP contribution is -2.36. The molecule has 112 valence electrons. The van der Waals surface area contributed by atoms with Gasteiger partial charge in [-0.15, -0.1) is 11.3 Å². The summed E-state index contributed by atoms with van der Waals surface area (Å²) in [4.78, 5) is 26.5. The van der Waals surface area contributed by atoms with Crippen LogP contribution in [0.2, 0.25) is 0 Å². The molecular weight excluding hydrogens is 290 g/mol. The van der Waals surface area contributed by atoms with Crippen molar-refractivity contribution in [1.82, 2.24) is 4.90 Å². The van der Waals surface area contributed by atoms with E-state index in [1.54, 1.807) is 23.3 Å². The second-order valence-electron chi connectivity index (χ2n) is 4.74. The molecule has 0 unspecified atom stereocenters. The van der Waals surface area contributed by atoms with Crippen molar-refractivity contribution in [3.8, 4) is 0 Å². The first-order chi connectivity index (χ1) is 10.0. The Balaban J connectivity index is 2.04. The standard InChI is InChI=1S/C15H17NO4S/c1-10(7-12-5-4-6-21-12)16(2)14(17)13-8-11(9-20-13)15(18)19-3/h4-6,8-10H,7H2,1-3H3/t10-/m0/s1. The Labute approximate surface area is 127 Å². The topological polar surface area (TPSA) is 59.8 Å². The van der Waals surface area contributed by atoms with Crippen LogP contribution in [0.4, 0.5) is 0 Å². The lowest BCUT2D eigenvalue weighted by Gasteiger charge is -2.23. The zero-order valence-electron chi connectivity index (χ0n) is 12.2. The molecule has 0 N–H and O–H groups in total. The van der Waals surface area contributed by atoms with Gasteiger partial charge in [0, 0.05) is 30.5 Å². The van der Waals surface area contributed by atoms with Crippen LogP contribution in [0.25, 0.3) is 0 Å². The monoisotopic (exact) mass is 307 g/mol. The average molecular weight is 307 g/mol. The molecule has 0 fully saturated rings. The van der Waals surface area contributed by atoms with Crippen molar-refractivity contribution in [2.45, 2.75) is 19.4 Å². The van der Waals surface area contributed by atoms with Crippen molar-refractivity contribution < 1.29 is 18.7 Å². The quantitative estimate of drug-likeness (QED) is 0.797. The highest BCUT2D eigenvalue weighted by atomic mass is 32.1. The van der Waals surface area contributed by atoms with Gasteiger partial charge in [-0.25, -0.2) is 4.79 Å². The number of ether oxygens (including phenoxy) is 1. The van der Waals surface area contributed by atoms with E-state index >= 15 is 0 Å². The molecule has 2 aromatic heterocycles. The number of likely N-dealkylation sites (N-methyl/N-ethyl adjacent to an activating group) is 1. The van der Waals surface area contributed by atoms with Crippen LogP contribution in [0.1, 0.15) is 32.7 Å². The molecule has 2 aromatic rings. The Hall–Kier alpha value is -2.08. The Morgan fingerprint density at radius 3 is 2.86 bits per heavy atom. The maximum Gasteiger partial charge on any atom is 0.341 e. The minimum absolute atomic E-state index is 0.0304. The van der Waals surface area contributed by atoms with Crippen LogP contribution in [-0.4, -0.2) is 37.0 Å². The van der Waals surface area contributed by atoms with Crippen LogP contribution in [0, 0.1) is 0 Å². The molecule has 1 atom stereocenters. The van der Waals surface area contributed by atoms with E-state index in [0.29, 0.717) is 0 Å². The lowest BCUT2D eigenvalue weighted by molar-refractivity contribution is 0.0599. The Bertz CT molecular complexity index is 617. The molecule has 6 heteroatoms. The van der Waals surface area contributed by atoms with Gasteiger partial charge in [0.05, 0.1) is 12.7 Å². The number of nitrogens with zero attached hydrogens (tertiary/aromatic N) is 1. The molecule has 1 amide bonds. The van der Waals surface area contributed by atoms with Gasteiger partial charge >= 0.3 is 5.97 Å². The van der Waals surface area contributed by atoms with Gasteiger partial charge in [-0.3, -0.25) is 4.79 Å². The van der Waals surface area contributed by atoms with E-state index in [0.717, 1.165) is 6.42 Å². The van der Waals surface area contributed by atoms with Gasteiger partial charge in [0.2, 0.25) is 0 Å². The second-order valence-corrected chi connectivity index (χ2v) is 5.77. The molecule has 21 heavy (non-hydrogen) atoms. The van der Waals surface area contributed by atoms with Crippen LogP contribution < -0.4 is 0 Å². The highest BCUT2D eigenvalue weighted by Crippen LogP contribution is 2.16. The average Bonchev–Trinajstić information content (AvgIpc) is 3.15. The number of carbonyl (C=O) groups is 2. The molecule has 2 rings (SSSR count). The number of furan rings is 1. The first-order valence-electron chi connectivity index (χ1n) is 6.49. The van der Waals surface area contributed by atoms with Gasteiger partial charge in [0.15, 0.2) is 5.76 Å². The summed E-state index contributed by atoms with van der Waals surface area (Å²) in [6.45, 7) is 1.97. The van der Waals surface area contributed by atoms with Crippen LogP contribution in [0.5, 0.6) is 0 Å². The van der Waals surface area contributed by atoms with Gasteiger partial charge in [-0.05, 0) is 18.4 Å². The summed E-state index contributed by atoms with van der Waals surface area (Å²) >= 11 is 1.66. The number of rotatable bonds is 5. The predicted molar refractivity (Wildman–Crippen MR) is 79.6 cm³/mol. The van der Waals surface area contributed by atoms with Gasteiger partial charge in [0.25, 0.3) is 5.91 Å². The van der Waals surface area contributed by atoms with Crippen molar-refractivity contribution in [2.24, 2.45) is 0 Å². The molecule has 5 nitrogen and oxygen atoms in total. The first kappa shape index (κ1) is 15.3. The molecule has 0 aliphatic heterocycles. The molecule has 0 saturated heterocycles. The summed E-state index contributed by atoms with van der Waals surface area (Å²) in [6.07, 6.45) is 2.02. The third-order valence-corrected chi connectivity index (χ3v) is 4.19. The van der Waals surface area contributed by atoms with Crippen LogP contribution >= 0.6 is 11.3 Å². The van der Waals surface area contributed by atoms with Gasteiger partial charge in [-0.2, -0.15) is 0 Å². The Morgan fingerprint density at radius 1 is 1.48 bits per heavy atom. The SMILES string of the molecule is COC(=O)c1coc(C(=O)N(C)[C@@H](C)Cc2cccs2)c1. The van der Waals surface area contributed by atoms with Crippen LogP contribution in [0.15, 0.2) is 34.3 Å². The molecule has 0 aromatic carbocycles. The zero-order valence-corrected chi connectivity index (χ0v) is 13.0. The molecular formula is C15H17NO4S. The molecule has 2 heterocycles. The number of carbonyl (C=O) groups excluding carboxylic acids is 2. The maximum atomic E-state index is 12.3. The third kappa shape index (κ3) is 3.52. The molecule has 0 aliphatic rings. The van der Waals surface area contributed by atoms with E-state index in [1.807, 2.05) is 24.4 Å². The number of thiophene rings is 1. The minimum atomic E-state index is -0.521. The highest BCUT2D eigenvalue weighted by molar-refractivity contribution is 7.09. The lowest BCUT2D eigenvalue weighted by atomic mass is 10.1. The van der Waals surface area contributed by atoms with Crippen molar-refractivity contribution >= 4 is 23.2 Å². The summed E-state index contributed by atoms with van der Waals surface area (Å²) < 4.78 is 9.75. The number of hydrogen-bond donors (Lipinski definition) is 0. The second kappa shape index (κ2) is 6.58. The third-order valence-electron chi connectivity index (χ3n) is 3.29. The summed E-state index contributed by atoms with van der Waals surface area (Å²) in [5.74, 6) is -0.641. The van der Waals surface area contributed by atoms with Crippen molar-refractivity contribution in [2.75, 3.05) is 14.2 Å². The fourth-order valence-electron chi connectivity index (χ4n) is 1.90. The largest absolute Gasteiger partial charge is 0.465 e. The highest BCUT2D eigenvalue weighted by Gasteiger charge is 2.22. The van der Waals surface area contributed by atoms with Gasteiger partial charge in [0.1, 0.15) is 6.26 Å². The number of hydrogen-bond acceptors (Lipinski definition) is 5. The summed E-state index contributed by atoms with van der Waals surface area (Å²) in [6, 6.07) is 5.47. The van der Waals surface area contributed by atoms with E-state index in [4.69, 9.17) is 4.42 Å². The fraction of sp³-hybridized carbons (Fsp3) is 0.333. The van der Waals surface area contributed by atoms with E-state index in [1.165, 1.54) is 24.3 Å². The van der Waals surface area contributed by atoms with E-state index < -0.39 is 5.97 Å². The molecule has 0 aliphatic carbocycles. The summed E-state index contributed by atoms with van der Waals surface area (Å²) in [7, 11) is 3.01. The molecule has 0 radical (unpaired) electrons. The maximum absolute atomic E-state index is 12.3. The molecule has 0 spiro atoms. The van der Waals surface area contributed by atoms with Crippen LogP contribution in [-0.2, 0) is 11.2 Å². The van der Waals surface area contributed by atoms with Gasteiger partial charge in [-0.1, -0.05) is 6.07 Å². The van der Waals surface area contributed by atoms with E-state index in [-0.39, 0.29) is 23.3 Å². The normalized spacial score (nSPS) is 12.0. The van der Waals surface area contributed by atoms with Crippen molar-refractivity contribution in [3.63, 3.8) is 0 Å². The Morgan fingerprint density at radius 2 is 2.24 bits per heavy atom. The predicted octanol–water partition coefficient (Wildman–Crippen LogP) is 2.83. The zero-order chi connectivity index (χ0) is 15.4. The summed E-state index contributed by atoms with van der Waals surface area (Å²) in [5, 5.41) is 2.01. The van der Waals surface area contributed by atoms with E-state index in [2.05, 4.69) is 4.74 Å². The molecule has 0 bridgehead atoms. The molecule has 0 saturated carbocycles. The number of esters is 1. The van der Waals surface area contributed by atoms with Crippen LogP contribution in [0.3, 0.4) is 0 Å². The summed E-state index contributed by atoms with van der Waals surface area (Å²) in [5.41, 5.74) is 0.236. The Kier molecular flexibility index (Phi) is 4.80. The van der Waals surface area contributed by atoms with Crippen molar-refractivity contribution in [3.05, 3.63) is 46.0 Å².